The topological polar surface area (TPSA) is 57.5 Å². The van der Waals surface area contributed by atoms with Gasteiger partial charge in [-0.2, -0.15) is 0 Å². The molecule has 0 saturated heterocycles. The van der Waals surface area contributed by atoms with Gasteiger partial charge >= 0.3 is 5.97 Å². The third kappa shape index (κ3) is 20.4. The normalized spacial score (nSPS) is 13.8. The highest BCUT2D eigenvalue weighted by Crippen LogP contribution is 2.02. The first-order valence-corrected chi connectivity index (χ1v) is 8.62. The van der Waals surface area contributed by atoms with Gasteiger partial charge in [0, 0.05) is 6.42 Å². The van der Waals surface area contributed by atoms with Crippen LogP contribution in [0.15, 0.2) is 48.6 Å². The minimum Gasteiger partial charge on any atom is -0.481 e. The Morgan fingerprint density at radius 2 is 1.26 bits per heavy atom. The Morgan fingerprint density at radius 3 is 1.70 bits per heavy atom. The number of aliphatic hydroxyl groups is 1. The number of carboxylic acids is 1. The quantitative estimate of drug-likeness (QED) is 0.342. The van der Waals surface area contributed by atoms with Crippen molar-refractivity contribution in [1.82, 2.24) is 0 Å². The van der Waals surface area contributed by atoms with Gasteiger partial charge < -0.3 is 10.2 Å². The fourth-order valence-electron chi connectivity index (χ4n) is 1.95. The van der Waals surface area contributed by atoms with Gasteiger partial charge in [0.15, 0.2) is 0 Å². The molecule has 3 heteroatoms. The lowest BCUT2D eigenvalue weighted by molar-refractivity contribution is -0.137. The van der Waals surface area contributed by atoms with Gasteiger partial charge in [-0.15, -0.1) is 0 Å². The van der Waals surface area contributed by atoms with E-state index in [9.17, 15) is 4.79 Å². The van der Waals surface area contributed by atoms with Crippen molar-refractivity contribution in [3.63, 3.8) is 0 Å². The molecule has 0 fully saturated rings. The van der Waals surface area contributed by atoms with Crippen molar-refractivity contribution in [2.75, 3.05) is 0 Å². The van der Waals surface area contributed by atoms with Crippen molar-refractivity contribution in [1.29, 1.82) is 0 Å². The van der Waals surface area contributed by atoms with E-state index in [1.807, 2.05) is 13.0 Å². The lowest BCUT2D eigenvalue weighted by Gasteiger charge is -1.99. The van der Waals surface area contributed by atoms with Gasteiger partial charge in [-0.1, -0.05) is 48.6 Å². The molecule has 0 rings (SSSR count). The van der Waals surface area contributed by atoms with Gasteiger partial charge in [0.05, 0.1) is 6.10 Å². The first kappa shape index (κ1) is 21.4. The zero-order chi connectivity index (χ0) is 17.2. The largest absolute Gasteiger partial charge is 0.481 e. The number of unbranched alkanes of at least 4 members (excludes halogenated alkanes) is 2. The Hall–Kier alpha value is -1.61. The number of carbonyl (C=O) groups is 1. The summed E-state index contributed by atoms with van der Waals surface area (Å²) >= 11 is 0. The molecule has 0 aromatic rings. The Labute approximate surface area is 141 Å². The van der Waals surface area contributed by atoms with E-state index in [-0.39, 0.29) is 12.5 Å². The number of aliphatic carboxylic acids is 1. The molecule has 2 N–H and O–H groups in total. The third-order valence-electron chi connectivity index (χ3n) is 3.24. The van der Waals surface area contributed by atoms with E-state index < -0.39 is 5.97 Å². The Morgan fingerprint density at radius 1 is 0.826 bits per heavy atom. The molecule has 0 radical (unpaired) electrons. The van der Waals surface area contributed by atoms with Crippen molar-refractivity contribution in [2.24, 2.45) is 0 Å². The summed E-state index contributed by atoms with van der Waals surface area (Å²) in [4.78, 5) is 10.3. The fraction of sp³-hybridized carbons (Fsp3) is 0.550. The number of hydrogen-bond donors (Lipinski definition) is 2. The molecule has 0 aromatic carbocycles. The Bertz CT molecular complexity index is 390. The average Bonchev–Trinajstić information content (AvgIpc) is 2.49. The molecule has 0 saturated carbocycles. The van der Waals surface area contributed by atoms with Crippen LogP contribution in [0.3, 0.4) is 0 Å². The predicted molar refractivity (Wildman–Crippen MR) is 97.4 cm³/mol. The second-order valence-electron chi connectivity index (χ2n) is 5.66. The van der Waals surface area contributed by atoms with Gasteiger partial charge in [0.2, 0.25) is 0 Å². The highest BCUT2D eigenvalue weighted by molar-refractivity contribution is 5.66. The molecule has 0 aliphatic heterocycles. The van der Waals surface area contributed by atoms with E-state index in [2.05, 4.69) is 42.5 Å². The summed E-state index contributed by atoms with van der Waals surface area (Å²) < 4.78 is 0. The average molecular weight is 320 g/mol. The van der Waals surface area contributed by atoms with E-state index in [1.165, 1.54) is 0 Å². The van der Waals surface area contributed by atoms with Crippen molar-refractivity contribution in [3.05, 3.63) is 48.6 Å². The van der Waals surface area contributed by atoms with Crippen molar-refractivity contribution >= 4 is 5.97 Å². The second-order valence-corrected chi connectivity index (χ2v) is 5.66. The molecule has 0 bridgehead atoms. The first-order valence-electron chi connectivity index (χ1n) is 8.62. The molecule has 0 unspecified atom stereocenters. The van der Waals surface area contributed by atoms with Crippen LogP contribution >= 0.6 is 0 Å². The molecule has 0 aliphatic rings. The zero-order valence-electron chi connectivity index (χ0n) is 14.4. The minimum absolute atomic E-state index is 0.185. The van der Waals surface area contributed by atoms with E-state index in [4.69, 9.17) is 10.2 Å². The minimum atomic E-state index is -0.723. The van der Waals surface area contributed by atoms with Crippen LogP contribution in [-0.2, 0) is 4.79 Å². The van der Waals surface area contributed by atoms with E-state index in [0.29, 0.717) is 6.42 Å². The zero-order valence-corrected chi connectivity index (χ0v) is 14.4. The molecule has 0 aliphatic carbocycles. The molecule has 130 valence electrons. The van der Waals surface area contributed by atoms with E-state index in [1.54, 1.807) is 0 Å². The lowest BCUT2D eigenvalue weighted by Crippen LogP contribution is -1.97. The van der Waals surface area contributed by atoms with Crippen LogP contribution in [0.5, 0.6) is 0 Å². The highest BCUT2D eigenvalue weighted by Gasteiger charge is 1.93. The van der Waals surface area contributed by atoms with Crippen LogP contribution in [-0.4, -0.2) is 22.3 Å². The molecule has 1 atom stereocenters. The summed E-state index contributed by atoms with van der Waals surface area (Å²) in [6.45, 7) is 1.83. The summed E-state index contributed by atoms with van der Waals surface area (Å²) in [6.07, 6.45) is 24.5. The molecule has 0 heterocycles. The number of carboxylic acid groups (broad SMARTS) is 1. The molecular weight excluding hydrogens is 288 g/mol. The maximum absolute atomic E-state index is 10.3. The van der Waals surface area contributed by atoms with Gasteiger partial charge in [-0.25, -0.2) is 0 Å². The fourth-order valence-corrected chi connectivity index (χ4v) is 1.95. The summed E-state index contributed by atoms with van der Waals surface area (Å²) in [7, 11) is 0. The lowest BCUT2D eigenvalue weighted by atomic mass is 10.1. The molecule has 0 spiro atoms. The predicted octanol–water partition coefficient (Wildman–Crippen LogP) is 5.19. The maximum Gasteiger partial charge on any atom is 0.303 e. The van der Waals surface area contributed by atoms with Gasteiger partial charge in [-0.3, -0.25) is 4.79 Å². The van der Waals surface area contributed by atoms with Crippen LogP contribution in [0.2, 0.25) is 0 Å². The summed E-state index contributed by atoms with van der Waals surface area (Å²) in [5.74, 6) is -0.723. The molecule has 0 aromatic heterocycles. The number of hydrogen-bond acceptors (Lipinski definition) is 2. The van der Waals surface area contributed by atoms with Gasteiger partial charge in [0.1, 0.15) is 0 Å². The third-order valence-corrected chi connectivity index (χ3v) is 3.24. The summed E-state index contributed by atoms with van der Waals surface area (Å²) in [5, 5.41) is 17.6. The van der Waals surface area contributed by atoms with Crippen molar-refractivity contribution in [2.45, 2.75) is 70.8 Å². The summed E-state index contributed by atoms with van der Waals surface area (Å²) in [6, 6.07) is 0. The number of rotatable bonds is 14. The van der Waals surface area contributed by atoms with Crippen molar-refractivity contribution in [3.8, 4) is 0 Å². The number of aliphatic hydroxyl groups excluding tert-OH is 1. The summed E-state index contributed by atoms with van der Waals surface area (Å²) in [5.41, 5.74) is 0. The Balaban J connectivity index is 3.43. The maximum atomic E-state index is 10.3. The van der Waals surface area contributed by atoms with Crippen LogP contribution in [0.4, 0.5) is 0 Å². The van der Waals surface area contributed by atoms with Gasteiger partial charge in [-0.05, 0) is 58.3 Å². The highest BCUT2D eigenvalue weighted by atomic mass is 16.4. The van der Waals surface area contributed by atoms with Crippen LogP contribution in [0.25, 0.3) is 0 Å². The van der Waals surface area contributed by atoms with E-state index in [0.717, 1.165) is 44.9 Å². The molecular formula is C20H32O3. The van der Waals surface area contributed by atoms with Crippen LogP contribution in [0.1, 0.15) is 64.7 Å². The smallest absolute Gasteiger partial charge is 0.303 e. The van der Waals surface area contributed by atoms with E-state index >= 15 is 0 Å². The monoisotopic (exact) mass is 320 g/mol. The van der Waals surface area contributed by atoms with Crippen molar-refractivity contribution < 1.29 is 15.0 Å². The van der Waals surface area contributed by atoms with Crippen LogP contribution < -0.4 is 0 Å². The SMILES string of the molecule is C[C@@H](O)CCC/C=C/C/C=C/C/C=C/C/C=C/CCCC(=O)O. The Kier molecular flexibility index (Phi) is 15.6. The molecule has 0 amide bonds. The standard InChI is InChI=1S/C20H32O3/c1-19(21)17-15-13-11-9-7-5-3-2-4-6-8-10-12-14-16-18-20(22)23/h3-6,9-12,19,21H,2,7-8,13-18H2,1H3,(H,22,23)/b5-3+,6-4+,11-9+,12-10+/t19-/m1/s1. The number of allylic oxidation sites excluding steroid dienone is 8. The molecule has 23 heavy (non-hydrogen) atoms. The molecule has 3 nitrogen and oxygen atoms in total. The first-order chi connectivity index (χ1) is 11.1. The second kappa shape index (κ2) is 16.8. The van der Waals surface area contributed by atoms with Crippen LogP contribution in [0, 0.1) is 0 Å². The van der Waals surface area contributed by atoms with Gasteiger partial charge in [0.25, 0.3) is 0 Å².